The number of hydrogen-bond acceptors (Lipinski definition) is 5. The number of nitrogens with zero attached hydrogens (tertiary/aromatic N) is 3. The number of carbonyl (C=O) groups is 1. The molecular weight excluding hydrogens is 320 g/mol. The average molecular weight is 344 g/mol. The van der Waals surface area contributed by atoms with Crippen molar-refractivity contribution in [1.29, 1.82) is 0 Å². The van der Waals surface area contributed by atoms with Crippen LogP contribution in [0.25, 0.3) is 0 Å². The second kappa shape index (κ2) is 6.65. The van der Waals surface area contributed by atoms with Gasteiger partial charge in [0, 0.05) is 36.9 Å². The predicted octanol–water partition coefficient (Wildman–Crippen LogP) is 1.10. The lowest BCUT2D eigenvalue weighted by molar-refractivity contribution is -0.0148. The quantitative estimate of drug-likeness (QED) is 0.868. The number of hydrogen-bond donors (Lipinski definition) is 2. The highest BCUT2D eigenvalue weighted by atomic mass is 16.4. The van der Waals surface area contributed by atoms with Gasteiger partial charge in [0.05, 0.1) is 13.2 Å². The van der Waals surface area contributed by atoms with Crippen molar-refractivity contribution in [2.75, 3.05) is 26.2 Å². The highest BCUT2D eigenvalue weighted by molar-refractivity contribution is 5.91. The largest absolute Gasteiger partial charge is 0.454 e. The fourth-order valence-electron chi connectivity index (χ4n) is 4.15. The topological polar surface area (TPSA) is 83.5 Å². The van der Waals surface area contributed by atoms with Crippen LogP contribution in [0.15, 0.2) is 35.0 Å². The van der Waals surface area contributed by atoms with Gasteiger partial charge in [0.2, 0.25) is 0 Å². The molecule has 25 heavy (non-hydrogen) atoms. The van der Waals surface area contributed by atoms with Gasteiger partial charge in [-0.3, -0.25) is 9.48 Å². The molecule has 0 spiro atoms. The number of furan rings is 1. The van der Waals surface area contributed by atoms with Gasteiger partial charge >= 0.3 is 0 Å². The lowest BCUT2D eigenvalue weighted by Crippen LogP contribution is -2.62. The van der Waals surface area contributed by atoms with E-state index in [0.717, 1.165) is 25.8 Å². The van der Waals surface area contributed by atoms with Crippen LogP contribution in [0, 0.1) is 5.41 Å². The maximum Gasteiger partial charge on any atom is 0.289 e. The lowest BCUT2D eigenvalue weighted by Gasteiger charge is -2.50. The molecule has 2 fully saturated rings. The van der Waals surface area contributed by atoms with Crippen molar-refractivity contribution in [2.24, 2.45) is 5.41 Å². The van der Waals surface area contributed by atoms with Gasteiger partial charge in [-0.25, -0.2) is 0 Å². The molecule has 2 aliphatic rings. The summed E-state index contributed by atoms with van der Waals surface area (Å²) in [5.41, 5.74) is -0.226. The first-order valence-electron chi connectivity index (χ1n) is 8.90. The number of carbonyl (C=O) groups excluding carboxylic acids is 1. The minimum Gasteiger partial charge on any atom is -0.454 e. The van der Waals surface area contributed by atoms with Crippen molar-refractivity contribution in [2.45, 2.75) is 31.8 Å². The van der Waals surface area contributed by atoms with Crippen LogP contribution < -0.4 is 5.32 Å². The molecule has 2 atom stereocenters. The summed E-state index contributed by atoms with van der Waals surface area (Å²) in [5, 5.41) is 17.6. The number of nitrogens with one attached hydrogen (secondary N) is 1. The number of aliphatic hydroxyl groups is 1. The second-order valence-corrected chi connectivity index (χ2v) is 7.12. The molecule has 4 heterocycles. The van der Waals surface area contributed by atoms with E-state index in [1.54, 1.807) is 16.9 Å². The van der Waals surface area contributed by atoms with Crippen LogP contribution >= 0.6 is 0 Å². The van der Waals surface area contributed by atoms with Crippen molar-refractivity contribution in [1.82, 2.24) is 20.0 Å². The van der Waals surface area contributed by atoms with E-state index in [9.17, 15) is 9.90 Å². The summed E-state index contributed by atoms with van der Waals surface area (Å²) in [5.74, 6) is 0.971. The highest BCUT2D eigenvalue weighted by Crippen LogP contribution is 2.37. The van der Waals surface area contributed by atoms with Crippen molar-refractivity contribution >= 4 is 5.91 Å². The third-order valence-corrected chi connectivity index (χ3v) is 5.53. The van der Waals surface area contributed by atoms with Gasteiger partial charge in [-0.05, 0) is 44.0 Å². The van der Waals surface area contributed by atoms with E-state index in [0.29, 0.717) is 37.2 Å². The molecule has 0 saturated carbocycles. The molecular formula is C18H24N4O3. The summed E-state index contributed by atoms with van der Waals surface area (Å²) < 4.78 is 7.50. The Morgan fingerprint density at radius 2 is 2.40 bits per heavy atom. The Kier molecular flexibility index (Phi) is 4.35. The van der Waals surface area contributed by atoms with Crippen molar-refractivity contribution < 1.29 is 14.3 Å². The Hall–Kier alpha value is -2.12. The predicted molar refractivity (Wildman–Crippen MR) is 91.1 cm³/mol. The van der Waals surface area contributed by atoms with Crippen LogP contribution in [0.3, 0.4) is 0 Å². The van der Waals surface area contributed by atoms with Crippen LogP contribution in [0.1, 0.15) is 35.6 Å². The van der Waals surface area contributed by atoms with Crippen LogP contribution in [-0.2, 0) is 6.54 Å². The number of aromatic nitrogens is 2. The third-order valence-electron chi connectivity index (χ3n) is 5.53. The first-order valence-corrected chi connectivity index (χ1v) is 8.90. The number of piperidine rings is 2. The average Bonchev–Trinajstić information content (AvgIpc) is 3.33. The van der Waals surface area contributed by atoms with Gasteiger partial charge in [0.25, 0.3) is 5.91 Å². The molecule has 1 amide bonds. The maximum atomic E-state index is 12.9. The minimum absolute atomic E-state index is 0.0939. The summed E-state index contributed by atoms with van der Waals surface area (Å²) in [6, 6.07) is 5.71. The fraction of sp³-hybridized carbons (Fsp3) is 0.556. The zero-order valence-electron chi connectivity index (χ0n) is 14.2. The molecule has 2 aromatic heterocycles. The van der Waals surface area contributed by atoms with Crippen LogP contribution in [0.4, 0.5) is 0 Å². The van der Waals surface area contributed by atoms with E-state index in [1.807, 2.05) is 23.2 Å². The van der Waals surface area contributed by atoms with Gasteiger partial charge < -0.3 is 19.7 Å². The zero-order chi connectivity index (χ0) is 17.3. The second-order valence-electron chi connectivity index (χ2n) is 7.12. The summed E-state index contributed by atoms with van der Waals surface area (Å²) in [4.78, 5) is 14.7. The fourth-order valence-corrected chi connectivity index (χ4v) is 4.15. The number of rotatable bonds is 4. The van der Waals surface area contributed by atoms with Gasteiger partial charge in [-0.1, -0.05) is 0 Å². The van der Waals surface area contributed by atoms with E-state index in [2.05, 4.69) is 10.4 Å². The van der Waals surface area contributed by atoms with Gasteiger partial charge in [-0.2, -0.15) is 5.10 Å². The number of amides is 1. The van der Waals surface area contributed by atoms with Crippen LogP contribution in [0.2, 0.25) is 0 Å². The van der Waals surface area contributed by atoms with E-state index < -0.39 is 0 Å². The normalized spacial score (nSPS) is 26.4. The molecule has 0 unspecified atom stereocenters. The Bertz CT molecular complexity index is 727. The van der Waals surface area contributed by atoms with Crippen molar-refractivity contribution in [3.05, 3.63) is 42.1 Å². The molecule has 0 aromatic carbocycles. The Balaban J connectivity index is 1.46. The van der Waals surface area contributed by atoms with E-state index >= 15 is 0 Å². The third kappa shape index (κ3) is 3.09. The SMILES string of the molecule is O=C(c1ccc(Cn2cccn2)o1)N1CC[C@H]2NCCC[C@]2(CO)C1. The summed E-state index contributed by atoms with van der Waals surface area (Å²) in [7, 11) is 0. The molecule has 134 valence electrons. The molecule has 7 heteroatoms. The van der Waals surface area contributed by atoms with Crippen molar-refractivity contribution in [3.8, 4) is 0 Å². The Labute approximate surface area is 146 Å². The van der Waals surface area contributed by atoms with E-state index in [1.165, 1.54) is 0 Å². The summed E-state index contributed by atoms with van der Waals surface area (Å²) in [6.07, 6.45) is 6.43. The number of likely N-dealkylation sites (tertiary alicyclic amines) is 1. The molecule has 2 saturated heterocycles. The minimum atomic E-state index is -0.226. The molecule has 0 bridgehead atoms. The van der Waals surface area contributed by atoms with Crippen LogP contribution in [0.5, 0.6) is 0 Å². The lowest BCUT2D eigenvalue weighted by atomic mass is 9.71. The van der Waals surface area contributed by atoms with Gasteiger partial charge in [0.1, 0.15) is 5.76 Å². The molecule has 4 rings (SSSR count). The van der Waals surface area contributed by atoms with Gasteiger partial charge in [-0.15, -0.1) is 0 Å². The molecule has 2 aliphatic heterocycles. The Morgan fingerprint density at radius 1 is 1.48 bits per heavy atom. The van der Waals surface area contributed by atoms with Gasteiger partial charge in [0.15, 0.2) is 5.76 Å². The van der Waals surface area contributed by atoms with Crippen LogP contribution in [-0.4, -0.2) is 58.0 Å². The number of fused-ring (bicyclic) bond motifs is 1. The summed E-state index contributed by atoms with van der Waals surface area (Å²) >= 11 is 0. The standard InChI is InChI=1S/C18H24N4O3/c23-13-18-6-1-7-19-16(18)5-10-21(12-18)17(24)15-4-3-14(25-15)11-22-9-2-8-20-22/h2-4,8-9,16,19,23H,1,5-7,10-13H2/t16-,18-/m1/s1. The monoisotopic (exact) mass is 344 g/mol. The molecule has 0 aliphatic carbocycles. The first-order chi connectivity index (χ1) is 12.2. The first kappa shape index (κ1) is 16.4. The number of aliphatic hydroxyl groups excluding tert-OH is 1. The van der Waals surface area contributed by atoms with Crippen molar-refractivity contribution in [3.63, 3.8) is 0 Å². The smallest absolute Gasteiger partial charge is 0.289 e. The zero-order valence-corrected chi connectivity index (χ0v) is 14.2. The molecule has 2 N–H and O–H groups in total. The molecule has 0 radical (unpaired) electrons. The highest BCUT2D eigenvalue weighted by Gasteiger charge is 2.45. The summed E-state index contributed by atoms with van der Waals surface area (Å²) in [6.45, 7) is 2.88. The maximum absolute atomic E-state index is 12.9. The Morgan fingerprint density at radius 3 is 3.20 bits per heavy atom. The molecule has 2 aromatic rings. The van der Waals surface area contributed by atoms with E-state index in [4.69, 9.17) is 4.42 Å². The van der Waals surface area contributed by atoms with E-state index in [-0.39, 0.29) is 17.9 Å². The molecule has 7 nitrogen and oxygen atoms in total.